The molecule has 16 heavy (non-hydrogen) atoms. The molecule has 0 amide bonds. The highest BCUT2D eigenvalue weighted by molar-refractivity contribution is 5.88. The molecule has 0 aliphatic rings. The number of aldehydes is 1. The fraction of sp³-hybridized carbons (Fsp3) is 0.231. The molecule has 0 aliphatic heterocycles. The first-order valence-electron chi connectivity index (χ1n) is 5.18. The van der Waals surface area contributed by atoms with Crippen LogP contribution in [0, 0.1) is 13.8 Å². The van der Waals surface area contributed by atoms with Gasteiger partial charge in [0.05, 0.1) is 5.69 Å². The second kappa shape index (κ2) is 3.93. The lowest BCUT2D eigenvalue weighted by Crippen LogP contribution is -1.89. The van der Waals surface area contributed by atoms with Crippen molar-refractivity contribution in [3.63, 3.8) is 0 Å². The number of aromatic nitrogens is 2. The van der Waals surface area contributed by atoms with E-state index in [1.807, 2.05) is 45.3 Å². The van der Waals surface area contributed by atoms with Crippen LogP contribution < -0.4 is 0 Å². The van der Waals surface area contributed by atoms with Gasteiger partial charge in [-0.1, -0.05) is 23.8 Å². The monoisotopic (exact) mass is 214 g/mol. The predicted molar refractivity (Wildman–Crippen MR) is 63.5 cm³/mol. The maximum atomic E-state index is 11.0. The SMILES string of the molecule is Cc1ccc(C=O)c(-c2cn(C)nc2C)c1. The number of benzene rings is 1. The van der Waals surface area contributed by atoms with Crippen molar-refractivity contribution in [1.82, 2.24) is 9.78 Å². The molecule has 0 aliphatic carbocycles. The summed E-state index contributed by atoms with van der Waals surface area (Å²) in [6.45, 7) is 3.97. The molecule has 0 spiro atoms. The van der Waals surface area contributed by atoms with E-state index in [1.165, 1.54) is 0 Å². The van der Waals surface area contributed by atoms with Crippen LogP contribution in [0.2, 0.25) is 0 Å². The van der Waals surface area contributed by atoms with Crippen molar-refractivity contribution in [2.75, 3.05) is 0 Å². The van der Waals surface area contributed by atoms with Crippen LogP contribution in [0.25, 0.3) is 11.1 Å². The van der Waals surface area contributed by atoms with Gasteiger partial charge < -0.3 is 0 Å². The summed E-state index contributed by atoms with van der Waals surface area (Å²) in [5, 5.41) is 4.29. The third-order valence-electron chi connectivity index (χ3n) is 2.64. The molecule has 0 bridgehead atoms. The Morgan fingerprint density at radius 1 is 1.25 bits per heavy atom. The summed E-state index contributed by atoms with van der Waals surface area (Å²) in [7, 11) is 1.88. The average molecular weight is 214 g/mol. The first kappa shape index (κ1) is 10.6. The van der Waals surface area contributed by atoms with Crippen LogP contribution in [-0.2, 0) is 7.05 Å². The Kier molecular flexibility index (Phi) is 2.60. The summed E-state index contributed by atoms with van der Waals surface area (Å²) in [6.07, 6.45) is 2.83. The Hall–Kier alpha value is -1.90. The van der Waals surface area contributed by atoms with E-state index in [9.17, 15) is 4.79 Å². The van der Waals surface area contributed by atoms with Crippen molar-refractivity contribution in [2.45, 2.75) is 13.8 Å². The fourth-order valence-electron chi connectivity index (χ4n) is 1.87. The fourth-order valence-corrected chi connectivity index (χ4v) is 1.87. The van der Waals surface area contributed by atoms with Crippen LogP contribution in [0.15, 0.2) is 24.4 Å². The first-order chi connectivity index (χ1) is 7.61. The van der Waals surface area contributed by atoms with E-state index in [2.05, 4.69) is 5.10 Å². The molecule has 1 heterocycles. The molecule has 0 unspecified atom stereocenters. The lowest BCUT2D eigenvalue weighted by atomic mass is 9.99. The zero-order chi connectivity index (χ0) is 11.7. The third-order valence-corrected chi connectivity index (χ3v) is 2.64. The number of carbonyl (C=O) groups is 1. The smallest absolute Gasteiger partial charge is 0.150 e. The predicted octanol–water partition coefficient (Wildman–Crippen LogP) is 2.52. The number of aryl methyl sites for hydroxylation is 3. The number of hydrogen-bond donors (Lipinski definition) is 0. The minimum Gasteiger partial charge on any atom is -0.298 e. The van der Waals surface area contributed by atoms with Crippen LogP contribution in [0.5, 0.6) is 0 Å². The quantitative estimate of drug-likeness (QED) is 0.720. The van der Waals surface area contributed by atoms with Crippen LogP contribution in [-0.4, -0.2) is 16.1 Å². The van der Waals surface area contributed by atoms with Gasteiger partial charge in [-0.3, -0.25) is 9.48 Å². The van der Waals surface area contributed by atoms with Gasteiger partial charge in [-0.05, 0) is 19.4 Å². The van der Waals surface area contributed by atoms with E-state index in [0.29, 0.717) is 5.56 Å². The molecule has 0 saturated heterocycles. The molecule has 1 aromatic heterocycles. The molecule has 0 saturated carbocycles. The van der Waals surface area contributed by atoms with Crippen molar-refractivity contribution in [1.29, 1.82) is 0 Å². The van der Waals surface area contributed by atoms with Gasteiger partial charge in [0, 0.05) is 24.4 Å². The zero-order valence-corrected chi connectivity index (χ0v) is 9.69. The molecule has 0 N–H and O–H groups in total. The maximum absolute atomic E-state index is 11.0. The Labute approximate surface area is 94.7 Å². The van der Waals surface area contributed by atoms with Gasteiger partial charge in [0.25, 0.3) is 0 Å². The molecule has 3 heteroatoms. The molecular formula is C13H14N2O. The summed E-state index contributed by atoms with van der Waals surface area (Å²) < 4.78 is 1.77. The van der Waals surface area contributed by atoms with E-state index in [1.54, 1.807) is 4.68 Å². The molecule has 2 aromatic rings. The van der Waals surface area contributed by atoms with Crippen LogP contribution in [0.3, 0.4) is 0 Å². The van der Waals surface area contributed by atoms with Crippen molar-refractivity contribution in [3.8, 4) is 11.1 Å². The highest BCUT2D eigenvalue weighted by Crippen LogP contribution is 2.26. The summed E-state index contributed by atoms with van der Waals surface area (Å²) in [4.78, 5) is 11.0. The lowest BCUT2D eigenvalue weighted by Gasteiger charge is -2.04. The second-order valence-corrected chi connectivity index (χ2v) is 4.01. The lowest BCUT2D eigenvalue weighted by molar-refractivity contribution is 0.112. The van der Waals surface area contributed by atoms with Gasteiger partial charge in [-0.15, -0.1) is 0 Å². The van der Waals surface area contributed by atoms with Crippen LogP contribution >= 0.6 is 0 Å². The van der Waals surface area contributed by atoms with Gasteiger partial charge in [-0.2, -0.15) is 5.10 Å². The van der Waals surface area contributed by atoms with E-state index in [4.69, 9.17) is 0 Å². The molecule has 82 valence electrons. The van der Waals surface area contributed by atoms with E-state index in [-0.39, 0.29) is 0 Å². The normalized spacial score (nSPS) is 10.4. The topological polar surface area (TPSA) is 34.9 Å². The molecule has 2 rings (SSSR count). The van der Waals surface area contributed by atoms with Crippen molar-refractivity contribution in [3.05, 3.63) is 41.2 Å². The molecule has 0 fully saturated rings. The van der Waals surface area contributed by atoms with Crippen molar-refractivity contribution < 1.29 is 4.79 Å². The standard InChI is InChI=1S/C13H14N2O/c1-9-4-5-11(8-16)12(6-9)13-7-15(3)14-10(13)2/h4-8H,1-3H3. The molecule has 3 nitrogen and oxygen atoms in total. The highest BCUT2D eigenvalue weighted by atomic mass is 16.1. The Morgan fingerprint density at radius 3 is 2.56 bits per heavy atom. The molecular weight excluding hydrogens is 200 g/mol. The summed E-state index contributed by atoms with van der Waals surface area (Å²) in [6, 6.07) is 5.82. The molecule has 0 radical (unpaired) electrons. The van der Waals surface area contributed by atoms with E-state index < -0.39 is 0 Å². The minimum atomic E-state index is 0.710. The van der Waals surface area contributed by atoms with Crippen molar-refractivity contribution in [2.24, 2.45) is 7.05 Å². The van der Waals surface area contributed by atoms with Gasteiger partial charge in [-0.25, -0.2) is 0 Å². The maximum Gasteiger partial charge on any atom is 0.150 e. The van der Waals surface area contributed by atoms with E-state index in [0.717, 1.165) is 28.7 Å². The van der Waals surface area contributed by atoms with Gasteiger partial charge in [0.1, 0.15) is 0 Å². The number of hydrogen-bond acceptors (Lipinski definition) is 2. The van der Waals surface area contributed by atoms with Gasteiger partial charge in [0.2, 0.25) is 0 Å². The minimum absolute atomic E-state index is 0.710. The average Bonchev–Trinajstić information content (AvgIpc) is 2.57. The van der Waals surface area contributed by atoms with Gasteiger partial charge >= 0.3 is 0 Å². The van der Waals surface area contributed by atoms with Crippen molar-refractivity contribution >= 4 is 6.29 Å². The summed E-state index contributed by atoms with van der Waals surface area (Å²) in [5.41, 5.74) is 4.77. The Bertz CT molecular complexity index is 541. The first-order valence-corrected chi connectivity index (χ1v) is 5.18. The van der Waals surface area contributed by atoms with Crippen LogP contribution in [0.1, 0.15) is 21.6 Å². The number of carbonyl (C=O) groups excluding carboxylic acids is 1. The highest BCUT2D eigenvalue weighted by Gasteiger charge is 2.10. The van der Waals surface area contributed by atoms with Crippen LogP contribution in [0.4, 0.5) is 0 Å². The Morgan fingerprint density at radius 2 is 2.00 bits per heavy atom. The largest absolute Gasteiger partial charge is 0.298 e. The summed E-state index contributed by atoms with van der Waals surface area (Å²) >= 11 is 0. The molecule has 0 atom stereocenters. The number of rotatable bonds is 2. The summed E-state index contributed by atoms with van der Waals surface area (Å²) in [5.74, 6) is 0. The Balaban J connectivity index is 2.66. The molecule has 1 aromatic carbocycles. The van der Waals surface area contributed by atoms with Gasteiger partial charge in [0.15, 0.2) is 6.29 Å². The number of nitrogens with zero attached hydrogens (tertiary/aromatic N) is 2. The third kappa shape index (κ3) is 1.76. The second-order valence-electron chi connectivity index (χ2n) is 4.01. The van der Waals surface area contributed by atoms with E-state index >= 15 is 0 Å². The zero-order valence-electron chi connectivity index (χ0n) is 9.69.